The zero-order valence-corrected chi connectivity index (χ0v) is 12.6. The van der Waals surface area contributed by atoms with E-state index in [2.05, 4.69) is 18.6 Å². The van der Waals surface area contributed by atoms with E-state index < -0.39 is 0 Å². The fraction of sp³-hybridized carbons (Fsp3) is 0.929. The van der Waals surface area contributed by atoms with Gasteiger partial charge in [-0.25, -0.2) is 0 Å². The molecule has 0 aliphatic carbocycles. The fourth-order valence-electron chi connectivity index (χ4n) is 1.62. The van der Waals surface area contributed by atoms with Crippen molar-refractivity contribution in [1.29, 1.82) is 0 Å². The van der Waals surface area contributed by atoms with Crippen molar-refractivity contribution >= 4 is 5.97 Å². The zero-order valence-electron chi connectivity index (χ0n) is 12.6. The van der Waals surface area contributed by atoms with Crippen LogP contribution >= 0.6 is 0 Å². The summed E-state index contributed by atoms with van der Waals surface area (Å²) >= 11 is 0. The normalized spacial score (nSPS) is 10.6. The molecule has 110 valence electrons. The molecule has 0 spiro atoms. The summed E-state index contributed by atoms with van der Waals surface area (Å²) in [6, 6.07) is 0. The Balaban J connectivity index is 0. The second-order valence-electron chi connectivity index (χ2n) is 5.46. The van der Waals surface area contributed by atoms with Crippen molar-refractivity contribution < 1.29 is 9.53 Å². The lowest BCUT2D eigenvalue weighted by molar-refractivity contribution is -0.154. The molecular weight excluding hydrogens is 228 g/mol. The highest BCUT2D eigenvalue weighted by atomic mass is 16.6. The Bertz CT molecular complexity index is 189. The van der Waals surface area contributed by atoms with Crippen LogP contribution in [0.25, 0.3) is 0 Å². The third-order valence-corrected chi connectivity index (χ3v) is 2.40. The molecule has 0 fully saturated rings. The summed E-state index contributed by atoms with van der Waals surface area (Å²) in [5, 5.41) is 0. The monoisotopic (exact) mass is 260 g/mol. The minimum Gasteiger partial charge on any atom is -0.460 e. The van der Waals surface area contributed by atoms with Crippen molar-refractivity contribution in [1.82, 2.24) is 0 Å². The molecule has 0 saturated heterocycles. The summed E-state index contributed by atoms with van der Waals surface area (Å²) < 4.78 is 5.24. The number of carbonyl (C=O) groups excluding carboxylic acids is 1. The highest BCUT2D eigenvalue weighted by Crippen LogP contribution is 2.12. The van der Waals surface area contributed by atoms with Gasteiger partial charge in [-0.3, -0.25) is 16.5 Å². The van der Waals surface area contributed by atoms with Gasteiger partial charge in [-0.1, -0.05) is 45.4 Å². The summed E-state index contributed by atoms with van der Waals surface area (Å²) in [6.45, 7) is 7.96. The molecule has 0 atom stereocenters. The van der Waals surface area contributed by atoms with Crippen molar-refractivity contribution in [2.75, 3.05) is 0 Å². The maximum atomic E-state index is 11.4. The zero-order chi connectivity index (χ0) is 14.4. The SMILES string of the molecule is CCCCCCCCCC(=O)OC(C)(C)C.NN. The van der Waals surface area contributed by atoms with Crippen molar-refractivity contribution in [3.8, 4) is 0 Å². The van der Waals surface area contributed by atoms with Crippen LogP contribution in [0.2, 0.25) is 0 Å². The Hall–Kier alpha value is -0.610. The molecule has 4 nitrogen and oxygen atoms in total. The molecule has 0 radical (unpaired) electrons. The first kappa shape index (κ1) is 19.7. The molecule has 4 heteroatoms. The lowest BCUT2D eigenvalue weighted by atomic mass is 10.1. The average Bonchev–Trinajstić information content (AvgIpc) is 2.28. The second kappa shape index (κ2) is 12.8. The summed E-state index contributed by atoms with van der Waals surface area (Å²) in [7, 11) is 0. The second-order valence-corrected chi connectivity index (χ2v) is 5.46. The molecule has 0 aromatic rings. The Morgan fingerprint density at radius 3 is 1.83 bits per heavy atom. The maximum Gasteiger partial charge on any atom is 0.306 e. The van der Waals surface area contributed by atoms with Gasteiger partial charge in [0.05, 0.1) is 0 Å². The largest absolute Gasteiger partial charge is 0.460 e. The third-order valence-electron chi connectivity index (χ3n) is 2.40. The van der Waals surface area contributed by atoms with Crippen molar-refractivity contribution in [3.05, 3.63) is 0 Å². The number of ether oxygens (including phenoxy) is 1. The highest BCUT2D eigenvalue weighted by molar-refractivity contribution is 5.69. The van der Waals surface area contributed by atoms with E-state index in [4.69, 9.17) is 4.74 Å². The Morgan fingerprint density at radius 2 is 1.39 bits per heavy atom. The topological polar surface area (TPSA) is 78.3 Å². The quantitative estimate of drug-likeness (QED) is 0.304. The van der Waals surface area contributed by atoms with Gasteiger partial charge in [-0.05, 0) is 27.2 Å². The van der Waals surface area contributed by atoms with Gasteiger partial charge >= 0.3 is 5.97 Å². The van der Waals surface area contributed by atoms with Gasteiger partial charge in [-0.2, -0.15) is 0 Å². The van der Waals surface area contributed by atoms with Gasteiger partial charge in [0.1, 0.15) is 5.60 Å². The molecule has 0 aliphatic rings. The fourth-order valence-corrected chi connectivity index (χ4v) is 1.62. The van der Waals surface area contributed by atoms with Crippen LogP contribution in [0.4, 0.5) is 0 Å². The molecule has 0 aromatic carbocycles. The summed E-state index contributed by atoms with van der Waals surface area (Å²) in [5.41, 5.74) is -0.335. The molecule has 0 unspecified atom stereocenters. The Labute approximate surface area is 112 Å². The van der Waals surface area contributed by atoms with Crippen LogP contribution < -0.4 is 11.7 Å². The van der Waals surface area contributed by atoms with Crippen LogP contribution in [0, 0.1) is 0 Å². The number of rotatable bonds is 8. The van der Waals surface area contributed by atoms with E-state index in [9.17, 15) is 4.79 Å². The smallest absolute Gasteiger partial charge is 0.306 e. The van der Waals surface area contributed by atoms with E-state index in [1.807, 2.05) is 20.8 Å². The van der Waals surface area contributed by atoms with E-state index >= 15 is 0 Å². The number of hydrogen-bond acceptors (Lipinski definition) is 4. The molecule has 0 amide bonds. The van der Waals surface area contributed by atoms with Crippen LogP contribution in [-0.2, 0) is 9.53 Å². The standard InChI is InChI=1S/C14H28O2.H4N2/c1-5-6-7-8-9-10-11-12-13(15)16-14(2,3)4;1-2/h5-12H2,1-4H3;1-2H2. The molecule has 0 aliphatic heterocycles. The first-order chi connectivity index (χ1) is 8.45. The summed E-state index contributed by atoms with van der Waals surface area (Å²) in [5.74, 6) is 7.95. The number of hydrogen-bond donors (Lipinski definition) is 2. The molecule has 0 bridgehead atoms. The molecule has 4 N–H and O–H groups in total. The number of carbonyl (C=O) groups is 1. The van der Waals surface area contributed by atoms with Gasteiger partial charge in [0, 0.05) is 6.42 Å². The lowest BCUT2D eigenvalue weighted by Gasteiger charge is -2.19. The van der Waals surface area contributed by atoms with Gasteiger partial charge in [0.2, 0.25) is 0 Å². The lowest BCUT2D eigenvalue weighted by Crippen LogP contribution is -2.23. The Kier molecular flexibility index (Phi) is 14.1. The number of hydrazine groups is 1. The molecule has 0 rings (SSSR count). The first-order valence-electron chi connectivity index (χ1n) is 7.01. The van der Waals surface area contributed by atoms with Crippen LogP contribution in [0.1, 0.15) is 79.1 Å². The van der Waals surface area contributed by atoms with Gasteiger partial charge < -0.3 is 4.74 Å². The molecular formula is C14H32N2O2. The van der Waals surface area contributed by atoms with Crippen molar-refractivity contribution in [2.24, 2.45) is 11.7 Å². The Morgan fingerprint density at radius 1 is 0.944 bits per heavy atom. The van der Waals surface area contributed by atoms with Crippen molar-refractivity contribution in [2.45, 2.75) is 84.7 Å². The summed E-state index contributed by atoms with van der Waals surface area (Å²) in [6.07, 6.45) is 9.23. The first-order valence-corrected chi connectivity index (χ1v) is 7.01. The molecule has 0 aromatic heterocycles. The van der Waals surface area contributed by atoms with Crippen LogP contribution in [0.3, 0.4) is 0 Å². The number of esters is 1. The minimum atomic E-state index is -0.335. The average molecular weight is 260 g/mol. The number of nitrogens with two attached hydrogens (primary N) is 2. The molecule has 0 heterocycles. The summed E-state index contributed by atoms with van der Waals surface area (Å²) in [4.78, 5) is 11.4. The highest BCUT2D eigenvalue weighted by Gasteiger charge is 2.15. The van der Waals surface area contributed by atoms with E-state index in [-0.39, 0.29) is 11.6 Å². The van der Waals surface area contributed by atoms with E-state index in [1.165, 1.54) is 32.1 Å². The van der Waals surface area contributed by atoms with Crippen LogP contribution in [0.15, 0.2) is 0 Å². The van der Waals surface area contributed by atoms with Gasteiger partial charge in [0.25, 0.3) is 0 Å². The van der Waals surface area contributed by atoms with Crippen LogP contribution in [-0.4, -0.2) is 11.6 Å². The van der Waals surface area contributed by atoms with E-state index in [0.29, 0.717) is 6.42 Å². The molecule has 18 heavy (non-hydrogen) atoms. The van der Waals surface area contributed by atoms with Gasteiger partial charge in [-0.15, -0.1) is 0 Å². The van der Waals surface area contributed by atoms with Crippen LogP contribution in [0.5, 0.6) is 0 Å². The maximum absolute atomic E-state index is 11.4. The minimum absolute atomic E-state index is 0.0546. The van der Waals surface area contributed by atoms with Crippen molar-refractivity contribution in [3.63, 3.8) is 0 Å². The predicted molar refractivity (Wildman–Crippen MR) is 76.8 cm³/mol. The predicted octanol–water partition coefficient (Wildman–Crippen LogP) is 3.29. The third kappa shape index (κ3) is 17.8. The number of unbranched alkanes of at least 4 members (excludes halogenated alkanes) is 6. The van der Waals surface area contributed by atoms with E-state index in [0.717, 1.165) is 12.8 Å². The molecule has 0 saturated carbocycles. The van der Waals surface area contributed by atoms with E-state index in [1.54, 1.807) is 0 Å². The van der Waals surface area contributed by atoms with Gasteiger partial charge in [0.15, 0.2) is 0 Å².